The third kappa shape index (κ3) is 2.53. The van der Waals surface area contributed by atoms with Gasteiger partial charge in [0, 0.05) is 44.8 Å². The number of nitrogens with one attached hydrogen (secondary N) is 1. The topological polar surface area (TPSA) is 71.8 Å². The third-order valence-corrected chi connectivity index (χ3v) is 6.00. The molecule has 0 unspecified atom stereocenters. The van der Waals surface area contributed by atoms with Gasteiger partial charge in [0.05, 0.1) is 21.5 Å². The van der Waals surface area contributed by atoms with Crippen molar-refractivity contribution in [2.45, 2.75) is 6.92 Å². The van der Waals surface area contributed by atoms with Crippen LogP contribution in [0.1, 0.15) is 5.56 Å². The number of hydrogen-bond acceptors (Lipinski definition) is 3. The molecule has 31 heavy (non-hydrogen) atoms. The van der Waals surface area contributed by atoms with Crippen LogP contribution in [0.4, 0.5) is 5.69 Å². The Labute approximate surface area is 177 Å². The summed E-state index contributed by atoms with van der Waals surface area (Å²) in [7, 11) is 0. The molecule has 0 radical (unpaired) electrons. The zero-order chi connectivity index (χ0) is 21.1. The Morgan fingerprint density at radius 3 is 2.39 bits per heavy atom. The average Bonchev–Trinajstić information content (AvgIpc) is 3.18. The van der Waals surface area contributed by atoms with Crippen molar-refractivity contribution in [2.24, 2.45) is 0 Å². The van der Waals surface area contributed by atoms with Crippen LogP contribution in [0.5, 0.6) is 0 Å². The molecular formula is C26H17N3O2. The van der Waals surface area contributed by atoms with E-state index < -0.39 is 0 Å². The van der Waals surface area contributed by atoms with Gasteiger partial charge in [-0.05, 0) is 24.1 Å². The summed E-state index contributed by atoms with van der Waals surface area (Å²) in [6, 6.07) is 25.4. The first-order valence-corrected chi connectivity index (χ1v) is 10.1. The highest BCUT2D eigenvalue weighted by atomic mass is 16.6. The van der Waals surface area contributed by atoms with Gasteiger partial charge in [-0.15, -0.1) is 0 Å². The van der Waals surface area contributed by atoms with Crippen LogP contribution in [0.3, 0.4) is 0 Å². The van der Waals surface area contributed by atoms with Crippen molar-refractivity contribution in [2.75, 3.05) is 0 Å². The number of hydrogen-bond donors (Lipinski definition) is 1. The molecule has 2 heterocycles. The number of para-hydroxylation sites is 1. The summed E-state index contributed by atoms with van der Waals surface area (Å²) in [5.41, 5.74) is 6.90. The molecular weight excluding hydrogens is 386 g/mol. The van der Waals surface area contributed by atoms with Crippen LogP contribution in [-0.2, 0) is 0 Å². The number of aromatic amines is 1. The van der Waals surface area contributed by atoms with Gasteiger partial charge >= 0.3 is 0 Å². The summed E-state index contributed by atoms with van der Waals surface area (Å²) in [6.07, 6.45) is 0. The first kappa shape index (κ1) is 17.6. The van der Waals surface area contributed by atoms with Gasteiger partial charge in [-0.25, -0.2) is 4.98 Å². The first-order chi connectivity index (χ1) is 15.1. The Kier molecular flexibility index (Phi) is 3.62. The summed E-state index contributed by atoms with van der Waals surface area (Å²) in [5.74, 6) is 0. The number of non-ortho nitro benzene ring substituents is 1. The first-order valence-electron chi connectivity index (χ1n) is 10.1. The van der Waals surface area contributed by atoms with Crippen molar-refractivity contribution >= 4 is 49.3 Å². The SMILES string of the molecule is Cc1cccc2c1nc1c2ccc2c(-c3ccccc3)c3cc([N+](=O)[O-])ccc3[nH]c21. The number of H-pyrrole nitrogens is 1. The largest absolute Gasteiger partial charge is 0.353 e. The molecule has 5 nitrogen and oxygen atoms in total. The number of aryl methyl sites for hydroxylation is 1. The lowest BCUT2D eigenvalue weighted by Crippen LogP contribution is -1.93. The van der Waals surface area contributed by atoms with Gasteiger partial charge < -0.3 is 4.98 Å². The average molecular weight is 403 g/mol. The third-order valence-electron chi connectivity index (χ3n) is 6.00. The molecule has 0 aliphatic heterocycles. The number of benzene rings is 4. The van der Waals surface area contributed by atoms with Crippen LogP contribution in [0.25, 0.3) is 54.7 Å². The van der Waals surface area contributed by atoms with E-state index in [0.29, 0.717) is 0 Å². The molecule has 148 valence electrons. The minimum absolute atomic E-state index is 0.0753. The van der Waals surface area contributed by atoms with E-state index in [1.807, 2.05) is 30.3 Å². The molecule has 6 rings (SSSR count). The maximum absolute atomic E-state index is 11.4. The number of nitrogens with zero attached hydrogens (tertiary/aromatic N) is 2. The van der Waals surface area contributed by atoms with E-state index in [0.717, 1.165) is 60.3 Å². The number of aromatic nitrogens is 2. The van der Waals surface area contributed by atoms with Gasteiger partial charge in [-0.3, -0.25) is 10.1 Å². The van der Waals surface area contributed by atoms with Gasteiger partial charge in [-0.1, -0.05) is 60.7 Å². The molecule has 0 aliphatic rings. The Morgan fingerprint density at radius 2 is 1.58 bits per heavy atom. The molecule has 0 bridgehead atoms. The van der Waals surface area contributed by atoms with Gasteiger partial charge in [0.25, 0.3) is 5.69 Å². The van der Waals surface area contributed by atoms with Crippen molar-refractivity contribution < 1.29 is 4.92 Å². The predicted octanol–water partition coefficient (Wildman–Crippen LogP) is 6.91. The summed E-state index contributed by atoms with van der Waals surface area (Å²) in [4.78, 5) is 19.6. The van der Waals surface area contributed by atoms with Crippen LogP contribution in [-0.4, -0.2) is 14.9 Å². The van der Waals surface area contributed by atoms with Gasteiger partial charge in [0.15, 0.2) is 0 Å². The van der Waals surface area contributed by atoms with E-state index in [9.17, 15) is 10.1 Å². The molecule has 2 aromatic heterocycles. The Hall–Kier alpha value is -4.25. The Bertz CT molecular complexity index is 1670. The molecule has 6 aromatic rings. The molecule has 4 aromatic carbocycles. The fraction of sp³-hybridized carbons (Fsp3) is 0.0385. The second-order valence-electron chi connectivity index (χ2n) is 7.82. The van der Waals surface area contributed by atoms with E-state index in [1.165, 1.54) is 0 Å². The lowest BCUT2D eigenvalue weighted by molar-refractivity contribution is -0.384. The van der Waals surface area contributed by atoms with Gasteiger partial charge in [0.2, 0.25) is 0 Å². The summed E-state index contributed by atoms with van der Waals surface area (Å²) < 4.78 is 0. The zero-order valence-corrected chi connectivity index (χ0v) is 16.7. The lowest BCUT2D eigenvalue weighted by Gasteiger charge is -2.13. The smallest absolute Gasteiger partial charge is 0.270 e. The van der Waals surface area contributed by atoms with Crippen molar-refractivity contribution in [1.29, 1.82) is 0 Å². The van der Waals surface area contributed by atoms with Gasteiger partial charge in [0.1, 0.15) is 0 Å². The molecule has 0 saturated heterocycles. The normalized spacial score (nSPS) is 11.6. The zero-order valence-electron chi connectivity index (χ0n) is 16.7. The second-order valence-corrected chi connectivity index (χ2v) is 7.82. The molecule has 0 saturated carbocycles. The molecule has 1 N–H and O–H groups in total. The maximum Gasteiger partial charge on any atom is 0.270 e. The molecule has 0 fully saturated rings. The Balaban J connectivity index is 1.84. The monoisotopic (exact) mass is 403 g/mol. The molecule has 0 atom stereocenters. The molecule has 0 amide bonds. The number of nitro benzene ring substituents is 1. The number of rotatable bonds is 2. The van der Waals surface area contributed by atoms with E-state index in [1.54, 1.807) is 18.2 Å². The van der Waals surface area contributed by atoms with Crippen molar-refractivity contribution in [3.8, 4) is 11.1 Å². The van der Waals surface area contributed by atoms with Crippen LogP contribution in [0.2, 0.25) is 0 Å². The second kappa shape index (κ2) is 6.37. The van der Waals surface area contributed by atoms with Crippen molar-refractivity contribution in [3.05, 3.63) is 94.5 Å². The standard InChI is InChI=1S/C26H17N3O2/c1-15-6-5-9-18-19-11-12-20-23(16-7-3-2-4-8-16)21-14-17(29(30)31)10-13-22(21)27-26(20)25(19)28-24(15)18/h2-14,27H,1H3. The maximum atomic E-state index is 11.4. The van der Waals surface area contributed by atoms with E-state index in [4.69, 9.17) is 4.98 Å². The minimum Gasteiger partial charge on any atom is -0.353 e. The lowest BCUT2D eigenvalue weighted by atomic mass is 9.95. The fourth-order valence-corrected chi connectivity index (χ4v) is 4.55. The minimum atomic E-state index is -0.351. The van der Waals surface area contributed by atoms with E-state index in [-0.39, 0.29) is 10.6 Å². The number of pyridine rings is 1. The van der Waals surface area contributed by atoms with E-state index in [2.05, 4.69) is 42.2 Å². The van der Waals surface area contributed by atoms with E-state index >= 15 is 0 Å². The molecule has 5 heteroatoms. The van der Waals surface area contributed by atoms with Crippen molar-refractivity contribution in [1.82, 2.24) is 9.97 Å². The molecule has 0 aliphatic carbocycles. The summed E-state index contributed by atoms with van der Waals surface area (Å²) >= 11 is 0. The predicted molar refractivity (Wildman–Crippen MR) is 125 cm³/mol. The van der Waals surface area contributed by atoms with Crippen LogP contribution in [0, 0.1) is 17.0 Å². The number of nitro groups is 1. The highest BCUT2D eigenvalue weighted by Crippen LogP contribution is 2.40. The summed E-state index contributed by atoms with van der Waals surface area (Å²) in [5, 5.41) is 15.5. The highest BCUT2D eigenvalue weighted by Gasteiger charge is 2.18. The summed E-state index contributed by atoms with van der Waals surface area (Å²) in [6.45, 7) is 2.07. The Morgan fingerprint density at radius 1 is 0.806 bits per heavy atom. The van der Waals surface area contributed by atoms with Crippen LogP contribution < -0.4 is 0 Å². The van der Waals surface area contributed by atoms with Gasteiger partial charge in [-0.2, -0.15) is 0 Å². The van der Waals surface area contributed by atoms with Crippen LogP contribution in [0.15, 0.2) is 78.9 Å². The quantitative estimate of drug-likeness (QED) is 0.194. The highest BCUT2D eigenvalue weighted by molar-refractivity contribution is 6.21. The van der Waals surface area contributed by atoms with Crippen molar-refractivity contribution in [3.63, 3.8) is 0 Å². The number of fused-ring (bicyclic) bond motifs is 6. The molecule has 0 spiro atoms. The fourth-order valence-electron chi connectivity index (χ4n) is 4.55. The van der Waals surface area contributed by atoms with Crippen LogP contribution >= 0.6 is 0 Å².